The minimum Gasteiger partial charge on any atom is -0.481 e. The van der Waals surface area contributed by atoms with E-state index >= 15 is 0 Å². The molecule has 0 bridgehead atoms. The Labute approximate surface area is 214 Å². The normalized spacial score (nSPS) is 18.9. The number of alkyl halides is 6. The number of carboxylic acids is 1. The summed E-state index contributed by atoms with van der Waals surface area (Å²) in [6.07, 6.45) is -9.86. The molecule has 12 heteroatoms. The van der Waals surface area contributed by atoms with Crippen LogP contribution < -0.4 is 0 Å². The summed E-state index contributed by atoms with van der Waals surface area (Å²) in [4.78, 5) is 27.5. The van der Waals surface area contributed by atoms with E-state index in [0.717, 1.165) is 4.90 Å². The van der Waals surface area contributed by atoms with E-state index in [1.165, 1.54) is 19.2 Å². The van der Waals surface area contributed by atoms with Crippen LogP contribution in [0.1, 0.15) is 46.6 Å². The Morgan fingerprint density at radius 2 is 1.63 bits per heavy atom. The van der Waals surface area contributed by atoms with Crippen LogP contribution in [-0.2, 0) is 28.5 Å². The molecule has 1 saturated heterocycles. The number of carbonyl (C=O) groups is 2. The molecule has 3 rings (SSSR count). The maximum absolute atomic E-state index is 13.7. The van der Waals surface area contributed by atoms with Crippen LogP contribution >= 0.6 is 0 Å². The molecule has 1 fully saturated rings. The number of halogens is 7. The summed E-state index contributed by atoms with van der Waals surface area (Å²) >= 11 is 0. The largest absolute Gasteiger partial charge is 0.481 e. The molecule has 2 aromatic carbocycles. The summed E-state index contributed by atoms with van der Waals surface area (Å²) in [5.74, 6) is -3.13. The van der Waals surface area contributed by atoms with E-state index in [0.29, 0.717) is 29.8 Å². The minimum atomic E-state index is -5.01. The zero-order valence-electron chi connectivity index (χ0n) is 20.7. The fourth-order valence-corrected chi connectivity index (χ4v) is 4.89. The zero-order chi connectivity index (χ0) is 28.4. The highest BCUT2D eigenvalue weighted by Gasteiger charge is 2.39. The summed E-state index contributed by atoms with van der Waals surface area (Å²) in [5, 5.41) is 9.02. The number of aliphatic carboxylic acids is 1. The molecular weight excluding hydrogens is 521 g/mol. The maximum Gasteiger partial charge on any atom is 0.416 e. The van der Waals surface area contributed by atoms with Crippen LogP contribution in [0.15, 0.2) is 36.4 Å². The van der Waals surface area contributed by atoms with E-state index in [9.17, 15) is 40.3 Å². The Bertz CT molecular complexity index is 1150. The van der Waals surface area contributed by atoms with Gasteiger partial charge >= 0.3 is 18.3 Å². The van der Waals surface area contributed by atoms with Gasteiger partial charge < -0.3 is 14.9 Å². The lowest BCUT2D eigenvalue weighted by atomic mass is 9.78. The highest BCUT2D eigenvalue weighted by atomic mass is 19.4. The molecule has 1 aliphatic heterocycles. The number of amides is 1. The lowest BCUT2D eigenvalue weighted by Gasteiger charge is -2.40. The Kier molecular flexibility index (Phi) is 8.75. The first-order valence-electron chi connectivity index (χ1n) is 11.8. The molecule has 0 aromatic heterocycles. The van der Waals surface area contributed by atoms with Gasteiger partial charge in [0.05, 0.1) is 17.5 Å². The number of rotatable bonds is 7. The second-order valence-corrected chi connectivity index (χ2v) is 9.56. The van der Waals surface area contributed by atoms with Gasteiger partial charge in [0, 0.05) is 38.5 Å². The van der Waals surface area contributed by atoms with Crippen LogP contribution in [0.3, 0.4) is 0 Å². The third kappa shape index (κ3) is 7.24. The van der Waals surface area contributed by atoms with Crippen molar-refractivity contribution in [3.63, 3.8) is 0 Å². The van der Waals surface area contributed by atoms with E-state index in [2.05, 4.69) is 0 Å². The second kappa shape index (κ2) is 11.3. The Morgan fingerprint density at radius 3 is 2.16 bits per heavy atom. The molecule has 38 heavy (non-hydrogen) atoms. The number of benzene rings is 2. The van der Waals surface area contributed by atoms with Crippen molar-refractivity contribution < 1.29 is 45.4 Å². The number of hydrogen-bond acceptors (Lipinski definition) is 3. The SMILES string of the molecule is Cc1cc(F)ccc1[C@@H]1CN(CCC(=O)O)CC[C@H]1C(=O)N(C)Cc1cc(C(F)(F)F)cc(C(F)(F)F)c1. The molecule has 1 N–H and O–H groups in total. The standard InChI is InChI=1S/C26H27F7N2O3/c1-15-9-19(27)3-4-20(15)22-14-35(8-6-23(36)37)7-5-21(22)24(38)34(2)13-16-10-17(25(28,29)30)12-18(11-16)26(31,32)33/h3-4,9-12,21-22H,5-8,13-14H2,1-2H3,(H,36,37)/t21-,22+/m1/s1. The predicted molar refractivity (Wildman–Crippen MR) is 124 cm³/mol. The number of likely N-dealkylation sites (tertiary alicyclic amines) is 1. The van der Waals surface area contributed by atoms with E-state index in [1.54, 1.807) is 13.0 Å². The average molecular weight is 548 g/mol. The summed E-state index contributed by atoms with van der Waals surface area (Å²) in [5.41, 5.74) is -2.01. The van der Waals surface area contributed by atoms with Crippen LogP contribution in [-0.4, -0.2) is 53.5 Å². The van der Waals surface area contributed by atoms with Crippen molar-refractivity contribution in [3.8, 4) is 0 Å². The van der Waals surface area contributed by atoms with Gasteiger partial charge in [-0.15, -0.1) is 0 Å². The van der Waals surface area contributed by atoms with Crippen molar-refractivity contribution in [2.75, 3.05) is 26.7 Å². The van der Waals surface area contributed by atoms with Crippen molar-refractivity contribution in [2.24, 2.45) is 5.92 Å². The van der Waals surface area contributed by atoms with Gasteiger partial charge in [-0.25, -0.2) is 4.39 Å². The molecule has 1 amide bonds. The maximum atomic E-state index is 13.7. The molecule has 0 unspecified atom stereocenters. The highest BCUT2D eigenvalue weighted by Crippen LogP contribution is 2.38. The fourth-order valence-electron chi connectivity index (χ4n) is 4.89. The smallest absolute Gasteiger partial charge is 0.416 e. The van der Waals surface area contributed by atoms with Gasteiger partial charge in [-0.1, -0.05) is 6.07 Å². The molecule has 5 nitrogen and oxygen atoms in total. The zero-order valence-corrected chi connectivity index (χ0v) is 20.7. The average Bonchev–Trinajstić information content (AvgIpc) is 2.81. The quantitative estimate of drug-likeness (QED) is 0.451. The Balaban J connectivity index is 1.89. The summed E-state index contributed by atoms with van der Waals surface area (Å²) < 4.78 is 93.3. The number of carbonyl (C=O) groups excluding carboxylic acids is 1. The van der Waals surface area contributed by atoms with Gasteiger partial charge in [-0.3, -0.25) is 9.59 Å². The third-order valence-electron chi connectivity index (χ3n) is 6.73. The molecule has 208 valence electrons. The van der Waals surface area contributed by atoms with Gasteiger partial charge in [0.1, 0.15) is 5.82 Å². The Morgan fingerprint density at radius 1 is 1.03 bits per heavy atom. The highest BCUT2D eigenvalue weighted by molar-refractivity contribution is 5.80. The topological polar surface area (TPSA) is 60.9 Å². The van der Waals surface area contributed by atoms with Crippen LogP contribution in [0.5, 0.6) is 0 Å². The van der Waals surface area contributed by atoms with Gasteiger partial charge in [0.25, 0.3) is 0 Å². The van der Waals surface area contributed by atoms with Crippen molar-refractivity contribution in [1.29, 1.82) is 0 Å². The lowest BCUT2D eigenvalue weighted by Crippen LogP contribution is -2.46. The van der Waals surface area contributed by atoms with E-state index in [4.69, 9.17) is 5.11 Å². The molecule has 1 heterocycles. The molecule has 0 saturated carbocycles. The van der Waals surface area contributed by atoms with Crippen LogP contribution in [0.25, 0.3) is 0 Å². The van der Waals surface area contributed by atoms with Crippen LogP contribution in [0.4, 0.5) is 30.7 Å². The van der Waals surface area contributed by atoms with Gasteiger partial charge in [0.2, 0.25) is 5.91 Å². The Hall–Kier alpha value is -3.15. The number of hydrogen-bond donors (Lipinski definition) is 1. The van der Waals surface area contributed by atoms with Crippen LogP contribution in [0, 0.1) is 18.7 Å². The molecular formula is C26H27F7N2O3. The van der Waals surface area contributed by atoms with E-state index in [1.807, 2.05) is 4.90 Å². The van der Waals surface area contributed by atoms with Crippen molar-refractivity contribution in [2.45, 2.75) is 44.6 Å². The molecule has 1 aliphatic rings. The number of aryl methyl sites for hydroxylation is 1. The first-order valence-corrected chi connectivity index (χ1v) is 11.8. The molecule has 0 radical (unpaired) electrons. The van der Waals surface area contributed by atoms with Crippen LogP contribution in [0.2, 0.25) is 0 Å². The summed E-state index contributed by atoms with van der Waals surface area (Å²) in [7, 11) is 1.31. The predicted octanol–water partition coefficient (Wildman–Crippen LogP) is 5.71. The van der Waals surface area contributed by atoms with E-state index < -0.39 is 59.6 Å². The van der Waals surface area contributed by atoms with Gasteiger partial charge in [-0.2, -0.15) is 26.3 Å². The third-order valence-corrected chi connectivity index (χ3v) is 6.73. The van der Waals surface area contributed by atoms with Gasteiger partial charge in [-0.05, 0) is 66.9 Å². The van der Waals surface area contributed by atoms with Crippen molar-refractivity contribution >= 4 is 11.9 Å². The lowest BCUT2D eigenvalue weighted by molar-refractivity contribution is -0.143. The molecule has 0 aliphatic carbocycles. The van der Waals surface area contributed by atoms with Gasteiger partial charge in [0.15, 0.2) is 0 Å². The molecule has 2 atom stereocenters. The molecule has 0 spiro atoms. The number of piperidine rings is 1. The molecule has 2 aromatic rings. The second-order valence-electron chi connectivity index (χ2n) is 9.56. The van der Waals surface area contributed by atoms with Crippen molar-refractivity contribution in [3.05, 3.63) is 70.0 Å². The van der Waals surface area contributed by atoms with Crippen molar-refractivity contribution in [1.82, 2.24) is 9.80 Å². The number of nitrogens with zero attached hydrogens (tertiary/aromatic N) is 2. The monoisotopic (exact) mass is 548 g/mol. The first-order chi connectivity index (χ1) is 17.6. The first kappa shape index (κ1) is 29.4. The fraction of sp³-hybridized carbons (Fsp3) is 0.462. The van der Waals surface area contributed by atoms with E-state index in [-0.39, 0.29) is 37.6 Å². The summed E-state index contributed by atoms with van der Waals surface area (Å²) in [6.45, 7) is 2.07. The number of carboxylic acid groups (broad SMARTS) is 1. The summed E-state index contributed by atoms with van der Waals surface area (Å²) in [6, 6.07) is 5.30. The minimum absolute atomic E-state index is 0.0332.